The molecule has 1 unspecified atom stereocenters. The van der Waals surface area contributed by atoms with Crippen molar-refractivity contribution in [1.29, 1.82) is 0 Å². The van der Waals surface area contributed by atoms with Gasteiger partial charge in [0.05, 0.1) is 33.1 Å². The molecule has 38 heavy (non-hydrogen) atoms. The molecular weight excluding hydrogens is 524 g/mol. The normalized spacial score (nSPS) is 21.7. The van der Waals surface area contributed by atoms with Crippen molar-refractivity contribution in [3.05, 3.63) is 29.4 Å². The van der Waals surface area contributed by atoms with Crippen molar-refractivity contribution < 1.29 is 23.0 Å². The van der Waals surface area contributed by atoms with E-state index in [0.29, 0.717) is 18.0 Å². The number of nitrogens with one attached hydrogen (secondary N) is 2. The molecule has 212 valence electrons. The Labute approximate surface area is 231 Å². The molecule has 0 radical (unpaired) electrons. The quantitative estimate of drug-likeness (QED) is 0.330. The van der Waals surface area contributed by atoms with Crippen LogP contribution in [0.1, 0.15) is 71.2 Å². The summed E-state index contributed by atoms with van der Waals surface area (Å²) in [5.74, 6) is 0.321. The lowest BCUT2D eigenvalue weighted by Crippen LogP contribution is -2.53. The van der Waals surface area contributed by atoms with Crippen molar-refractivity contribution in [2.24, 2.45) is 0 Å². The first-order valence-electron chi connectivity index (χ1n) is 13.7. The predicted octanol–water partition coefficient (Wildman–Crippen LogP) is 4.04. The number of aliphatic hydroxyl groups excluding tert-OH is 1. The lowest BCUT2D eigenvalue weighted by atomic mass is 9.86. The fraction of sp³-hybridized carbons (Fsp3) is 0.667. The highest BCUT2D eigenvalue weighted by atomic mass is 32.2. The third-order valence-electron chi connectivity index (χ3n) is 6.91. The Balaban J connectivity index is 1.47. The van der Waals surface area contributed by atoms with E-state index in [0.717, 1.165) is 54.3 Å². The minimum atomic E-state index is -3.68. The lowest BCUT2D eigenvalue weighted by molar-refractivity contribution is -0.150. The lowest BCUT2D eigenvalue weighted by Gasteiger charge is -2.41. The van der Waals surface area contributed by atoms with Gasteiger partial charge in [-0.15, -0.1) is 11.3 Å². The second-order valence-electron chi connectivity index (χ2n) is 10.7. The van der Waals surface area contributed by atoms with Gasteiger partial charge in [0.1, 0.15) is 0 Å². The van der Waals surface area contributed by atoms with Gasteiger partial charge < -0.3 is 19.5 Å². The molecule has 0 spiro atoms. The molecule has 1 saturated heterocycles. The largest absolute Gasteiger partial charge is 0.372 e. The number of nitrogens with zero attached hydrogens (tertiary/aromatic N) is 2. The molecular formula is C27H42N4O5S2. The molecule has 0 amide bonds. The van der Waals surface area contributed by atoms with E-state index < -0.39 is 16.4 Å². The van der Waals surface area contributed by atoms with E-state index in [9.17, 15) is 13.5 Å². The molecule has 1 aromatic carbocycles. The van der Waals surface area contributed by atoms with Crippen molar-refractivity contribution in [2.45, 2.75) is 102 Å². The standard InChI is InChI=1S/C27H42N4O5S2/c1-6-29-38(33,34)25-13-21(31-15-22(16-31)35-17(2)3)11-12-23(25)24-14-28-26(37-24)19-7-9-20(10-8-19)30-27(32)36-18(4)5/h11-14,17-20,22,27,29-30,32H,6-10,15-16H2,1-5H3/t19-,20-,27?. The van der Waals surface area contributed by atoms with Gasteiger partial charge in [0.25, 0.3) is 0 Å². The first kappa shape index (κ1) is 29.4. The van der Waals surface area contributed by atoms with Crippen molar-refractivity contribution >= 4 is 27.0 Å². The molecule has 1 saturated carbocycles. The first-order chi connectivity index (χ1) is 18.1. The summed E-state index contributed by atoms with van der Waals surface area (Å²) >= 11 is 1.57. The Morgan fingerprint density at radius 2 is 1.84 bits per heavy atom. The number of aliphatic hydroxyl groups is 1. The smallest absolute Gasteiger partial charge is 0.241 e. The van der Waals surface area contributed by atoms with Crippen LogP contribution in [0.2, 0.25) is 0 Å². The van der Waals surface area contributed by atoms with E-state index in [2.05, 4.69) is 14.9 Å². The number of rotatable bonds is 12. The van der Waals surface area contributed by atoms with E-state index in [1.165, 1.54) is 0 Å². The van der Waals surface area contributed by atoms with Crippen LogP contribution < -0.4 is 14.9 Å². The average molecular weight is 567 g/mol. The summed E-state index contributed by atoms with van der Waals surface area (Å²) in [7, 11) is -3.68. The first-order valence-corrected chi connectivity index (χ1v) is 16.0. The van der Waals surface area contributed by atoms with E-state index in [1.54, 1.807) is 30.5 Å². The molecule has 4 rings (SSSR count). The third-order valence-corrected chi connectivity index (χ3v) is 9.69. The van der Waals surface area contributed by atoms with Gasteiger partial charge in [-0.1, -0.05) is 13.0 Å². The molecule has 2 heterocycles. The maximum absolute atomic E-state index is 13.2. The highest BCUT2D eigenvalue weighted by molar-refractivity contribution is 7.89. The molecule has 1 aliphatic heterocycles. The molecule has 1 atom stereocenters. The van der Waals surface area contributed by atoms with Gasteiger partial charge in [0, 0.05) is 49.0 Å². The molecule has 11 heteroatoms. The van der Waals surface area contributed by atoms with Gasteiger partial charge in [-0.05, 0) is 65.5 Å². The van der Waals surface area contributed by atoms with Crippen LogP contribution in [-0.4, -0.2) is 68.9 Å². The zero-order valence-electron chi connectivity index (χ0n) is 23.0. The summed E-state index contributed by atoms with van der Waals surface area (Å²) in [4.78, 5) is 8.00. The van der Waals surface area contributed by atoms with Gasteiger partial charge in [-0.2, -0.15) is 0 Å². The summed E-state index contributed by atoms with van der Waals surface area (Å²) in [5, 5.41) is 14.2. The molecule has 2 aromatic rings. The van der Waals surface area contributed by atoms with Gasteiger partial charge in [0.2, 0.25) is 16.4 Å². The minimum Gasteiger partial charge on any atom is -0.372 e. The highest BCUT2D eigenvalue weighted by Gasteiger charge is 2.31. The van der Waals surface area contributed by atoms with E-state index in [4.69, 9.17) is 14.5 Å². The zero-order valence-corrected chi connectivity index (χ0v) is 24.6. The number of aromatic nitrogens is 1. The van der Waals surface area contributed by atoms with Gasteiger partial charge in [0.15, 0.2) is 0 Å². The maximum atomic E-state index is 13.2. The van der Waals surface area contributed by atoms with Crippen LogP contribution in [0.4, 0.5) is 5.69 Å². The Morgan fingerprint density at radius 3 is 2.47 bits per heavy atom. The molecule has 3 N–H and O–H groups in total. The summed E-state index contributed by atoms with van der Waals surface area (Å²) in [6.07, 6.45) is 4.90. The Kier molecular flexibility index (Phi) is 9.83. The topological polar surface area (TPSA) is 113 Å². The van der Waals surface area contributed by atoms with Crippen molar-refractivity contribution in [2.75, 3.05) is 24.5 Å². The molecule has 2 fully saturated rings. The number of ether oxygens (including phenoxy) is 2. The Bertz CT molecular complexity index is 1160. The van der Waals surface area contributed by atoms with Crippen molar-refractivity contribution in [3.63, 3.8) is 0 Å². The van der Waals surface area contributed by atoms with E-state index in [1.807, 2.05) is 39.8 Å². The molecule has 0 bridgehead atoms. The van der Waals surface area contributed by atoms with Crippen molar-refractivity contribution in [1.82, 2.24) is 15.0 Å². The molecule has 1 aromatic heterocycles. The fourth-order valence-corrected chi connectivity index (χ4v) is 7.60. The number of benzene rings is 1. The van der Waals surface area contributed by atoms with E-state index in [-0.39, 0.29) is 29.2 Å². The second kappa shape index (κ2) is 12.7. The SMILES string of the molecule is CCNS(=O)(=O)c1cc(N2CC(OC(C)C)C2)ccc1-c1cnc([C@H]2CC[C@H](NC(O)OC(C)C)CC2)s1. The number of anilines is 1. The van der Waals surface area contributed by atoms with E-state index >= 15 is 0 Å². The highest BCUT2D eigenvalue weighted by Crippen LogP contribution is 2.40. The second-order valence-corrected chi connectivity index (χ2v) is 13.5. The van der Waals surface area contributed by atoms with Crippen LogP contribution in [0.3, 0.4) is 0 Å². The zero-order chi connectivity index (χ0) is 27.4. The Hall–Kier alpha value is -1.60. The number of thiazole rings is 1. The van der Waals surface area contributed by atoms with Crippen LogP contribution >= 0.6 is 11.3 Å². The number of sulfonamides is 1. The average Bonchev–Trinajstić information content (AvgIpc) is 3.31. The molecule has 2 aliphatic rings. The van der Waals surface area contributed by atoms with Crippen molar-refractivity contribution in [3.8, 4) is 10.4 Å². The van der Waals surface area contributed by atoms with Gasteiger partial charge >= 0.3 is 0 Å². The van der Waals surface area contributed by atoms with Crippen LogP contribution in [0, 0.1) is 0 Å². The maximum Gasteiger partial charge on any atom is 0.241 e. The number of hydrogen-bond acceptors (Lipinski definition) is 9. The van der Waals surface area contributed by atoms with Crippen LogP contribution in [0.25, 0.3) is 10.4 Å². The molecule has 9 nitrogen and oxygen atoms in total. The summed E-state index contributed by atoms with van der Waals surface area (Å²) in [6.45, 7) is 11.5. The third kappa shape index (κ3) is 7.32. The summed E-state index contributed by atoms with van der Waals surface area (Å²) in [5.41, 5.74) is 1.56. The van der Waals surface area contributed by atoms with Gasteiger partial charge in [-0.25, -0.2) is 18.1 Å². The minimum absolute atomic E-state index is 0.0420. The van der Waals surface area contributed by atoms with Crippen LogP contribution in [0.5, 0.6) is 0 Å². The van der Waals surface area contributed by atoms with Crippen LogP contribution in [0.15, 0.2) is 29.3 Å². The van der Waals surface area contributed by atoms with Gasteiger partial charge in [-0.3, -0.25) is 5.32 Å². The van der Waals surface area contributed by atoms with Crippen LogP contribution in [-0.2, 0) is 19.5 Å². The predicted molar refractivity (Wildman–Crippen MR) is 151 cm³/mol. The summed E-state index contributed by atoms with van der Waals surface area (Å²) < 4.78 is 40.3. The molecule has 1 aliphatic carbocycles. The Morgan fingerprint density at radius 1 is 1.13 bits per heavy atom. The number of hydrogen-bond donors (Lipinski definition) is 3. The summed E-state index contributed by atoms with van der Waals surface area (Å²) in [6, 6.07) is 5.88. The fourth-order valence-electron chi connectivity index (χ4n) is 5.13. The monoisotopic (exact) mass is 566 g/mol.